The highest BCUT2D eigenvalue weighted by Gasteiger charge is 2.16. The lowest BCUT2D eigenvalue weighted by Crippen LogP contribution is -2.22. The molecule has 2 heterocycles. The minimum absolute atomic E-state index is 0.0712. The fourth-order valence-corrected chi connectivity index (χ4v) is 3.54. The molecule has 13 nitrogen and oxygen atoms in total. The van der Waals surface area contributed by atoms with Crippen molar-refractivity contribution in [2.45, 2.75) is 0 Å². The summed E-state index contributed by atoms with van der Waals surface area (Å²) in [6.45, 7) is 2.53. The summed E-state index contributed by atoms with van der Waals surface area (Å²) in [5.74, 6) is 1.09. The second-order valence-corrected chi connectivity index (χ2v) is 7.85. The number of amides is 1. The van der Waals surface area contributed by atoms with Crippen LogP contribution in [0, 0.1) is 5.41 Å². The molecule has 1 aliphatic heterocycles. The number of anilines is 5. The zero-order valence-corrected chi connectivity index (χ0v) is 20.8. The van der Waals surface area contributed by atoms with Crippen LogP contribution in [-0.4, -0.2) is 68.8 Å². The lowest BCUT2D eigenvalue weighted by Gasteiger charge is -2.17. The number of hydrogen-bond donors (Lipinski definition) is 5. The number of hydroxylamine groups is 1. The molecule has 0 bridgehead atoms. The Bertz CT molecular complexity index is 1270. The van der Waals surface area contributed by atoms with Crippen LogP contribution in [0.15, 0.2) is 42.5 Å². The maximum Gasteiger partial charge on any atom is 0.276 e. The van der Waals surface area contributed by atoms with Crippen molar-refractivity contribution in [2.75, 3.05) is 63.1 Å². The number of carbonyl (C=O) groups is 1. The highest BCUT2D eigenvalue weighted by atomic mass is 16.6. The highest BCUT2D eigenvalue weighted by molar-refractivity contribution is 6.00. The van der Waals surface area contributed by atoms with Crippen molar-refractivity contribution in [2.24, 2.45) is 0 Å². The van der Waals surface area contributed by atoms with E-state index in [0.717, 1.165) is 6.21 Å². The Morgan fingerprint density at radius 3 is 2.42 bits per heavy atom. The van der Waals surface area contributed by atoms with Crippen LogP contribution in [0.2, 0.25) is 0 Å². The summed E-state index contributed by atoms with van der Waals surface area (Å²) < 4.78 is 22.6. The first-order valence-electron chi connectivity index (χ1n) is 11.8. The van der Waals surface area contributed by atoms with E-state index in [1.165, 1.54) is 7.11 Å². The maximum absolute atomic E-state index is 12.4. The first kappa shape index (κ1) is 26.6. The molecule has 0 atom stereocenters. The zero-order valence-electron chi connectivity index (χ0n) is 20.8. The molecule has 0 spiro atoms. The minimum atomic E-state index is -0.454. The van der Waals surface area contributed by atoms with Gasteiger partial charge in [-0.1, -0.05) is 12.1 Å². The zero-order chi connectivity index (χ0) is 26.7. The average molecular weight is 524 g/mol. The molecule has 1 aliphatic rings. The molecule has 0 fully saturated rings. The topological polar surface area (TPSA) is 175 Å². The number of nitrogens with zero attached hydrogens (tertiary/aromatic N) is 2. The first-order chi connectivity index (χ1) is 18.6. The lowest BCUT2D eigenvalue weighted by molar-refractivity contribution is 0.0223. The Morgan fingerprint density at radius 2 is 1.68 bits per heavy atom. The van der Waals surface area contributed by atoms with Gasteiger partial charge in [-0.3, -0.25) is 9.63 Å². The van der Waals surface area contributed by atoms with Gasteiger partial charge in [-0.25, -0.2) is 5.48 Å². The van der Waals surface area contributed by atoms with Crippen LogP contribution in [0.25, 0.3) is 0 Å². The van der Waals surface area contributed by atoms with Crippen molar-refractivity contribution in [3.05, 3.63) is 53.6 Å². The SMILES string of the molecule is CONC(=O)c1ccccc1Nc1nc(Nc2ccc3c(c2)OCCOCCOCCO3)nc(N)c1C=N. The van der Waals surface area contributed by atoms with Crippen LogP contribution in [0.1, 0.15) is 15.9 Å². The number of aromatic nitrogens is 2. The molecule has 3 aromatic rings. The average Bonchev–Trinajstić information content (AvgIpc) is 2.90. The molecule has 200 valence electrons. The Kier molecular flexibility index (Phi) is 9.23. The van der Waals surface area contributed by atoms with Crippen LogP contribution in [0.4, 0.5) is 29.0 Å². The van der Waals surface area contributed by atoms with E-state index in [9.17, 15) is 4.79 Å². The molecule has 0 unspecified atom stereocenters. The van der Waals surface area contributed by atoms with E-state index >= 15 is 0 Å². The van der Waals surface area contributed by atoms with Crippen LogP contribution in [0.5, 0.6) is 11.5 Å². The smallest absolute Gasteiger partial charge is 0.276 e. The normalized spacial score (nSPS) is 13.9. The highest BCUT2D eigenvalue weighted by Crippen LogP contribution is 2.32. The van der Waals surface area contributed by atoms with Gasteiger partial charge in [0.05, 0.1) is 50.4 Å². The van der Waals surface area contributed by atoms with Gasteiger partial charge in [0.2, 0.25) is 5.95 Å². The van der Waals surface area contributed by atoms with Gasteiger partial charge in [0, 0.05) is 18.0 Å². The van der Waals surface area contributed by atoms with Crippen LogP contribution >= 0.6 is 0 Å². The van der Waals surface area contributed by atoms with Crippen molar-refractivity contribution in [3.8, 4) is 11.5 Å². The van der Waals surface area contributed by atoms with Gasteiger partial charge in [0.1, 0.15) is 24.8 Å². The number of nitrogens with one attached hydrogen (secondary N) is 4. The number of benzene rings is 2. The molecule has 13 heteroatoms. The molecule has 4 rings (SSSR count). The number of ether oxygens (including phenoxy) is 4. The first-order valence-corrected chi connectivity index (χ1v) is 11.8. The van der Waals surface area contributed by atoms with E-state index in [1.54, 1.807) is 42.5 Å². The summed E-state index contributed by atoms with van der Waals surface area (Å²) in [6.07, 6.45) is 1.04. The molecule has 2 aromatic carbocycles. The molecule has 6 N–H and O–H groups in total. The molecule has 1 amide bonds. The van der Waals surface area contributed by atoms with Gasteiger partial charge in [0.15, 0.2) is 11.5 Å². The van der Waals surface area contributed by atoms with Crippen molar-refractivity contribution in [1.29, 1.82) is 5.41 Å². The quantitative estimate of drug-likeness (QED) is 0.227. The Labute approximate surface area is 219 Å². The molecular weight excluding hydrogens is 494 g/mol. The van der Waals surface area contributed by atoms with E-state index in [2.05, 4.69) is 26.1 Å². The second-order valence-electron chi connectivity index (χ2n) is 7.85. The Balaban J connectivity index is 1.59. The molecule has 0 aliphatic carbocycles. The predicted octanol–water partition coefficient (Wildman–Crippen LogP) is 2.64. The second kappa shape index (κ2) is 13.2. The van der Waals surface area contributed by atoms with Crippen LogP contribution in [0.3, 0.4) is 0 Å². The number of para-hydroxylation sites is 1. The van der Waals surface area contributed by atoms with E-state index in [-0.39, 0.29) is 23.1 Å². The fraction of sp³-hybridized carbons (Fsp3) is 0.280. The van der Waals surface area contributed by atoms with E-state index in [4.69, 9.17) is 34.9 Å². The van der Waals surface area contributed by atoms with Gasteiger partial charge in [-0.05, 0) is 24.3 Å². The number of carbonyl (C=O) groups excluding carboxylic acids is 1. The summed E-state index contributed by atoms with van der Waals surface area (Å²) >= 11 is 0. The summed E-state index contributed by atoms with van der Waals surface area (Å²) in [5.41, 5.74) is 10.0. The number of nitrogen functional groups attached to an aromatic ring is 1. The monoisotopic (exact) mass is 523 g/mol. The standard InChI is InChI=1S/C25H29N7O6/c1-34-32-24(33)17-4-2-3-5-19(17)29-23-18(15-26)22(27)30-25(31-23)28-16-6-7-20-21(14-16)38-13-11-36-9-8-35-10-12-37-20/h2-7,14-15,26H,8-13H2,1H3,(H,32,33)(H4,27,28,29,30,31). The van der Waals surface area contributed by atoms with Crippen molar-refractivity contribution >= 4 is 41.1 Å². The summed E-state index contributed by atoms with van der Waals surface area (Å²) in [4.78, 5) is 25.9. The molecule has 0 saturated heterocycles. The van der Waals surface area contributed by atoms with Gasteiger partial charge >= 0.3 is 0 Å². The number of fused-ring (bicyclic) bond motifs is 1. The third-order valence-corrected chi connectivity index (χ3v) is 5.28. The molecule has 38 heavy (non-hydrogen) atoms. The van der Waals surface area contributed by atoms with Gasteiger partial charge in [0.25, 0.3) is 5.91 Å². The Morgan fingerprint density at radius 1 is 0.974 bits per heavy atom. The molecular formula is C25H29N7O6. The van der Waals surface area contributed by atoms with Gasteiger partial charge in [-0.15, -0.1) is 0 Å². The van der Waals surface area contributed by atoms with Crippen molar-refractivity contribution < 1.29 is 28.6 Å². The van der Waals surface area contributed by atoms with E-state index in [0.29, 0.717) is 68.1 Å². The van der Waals surface area contributed by atoms with Crippen LogP contribution < -0.4 is 31.3 Å². The number of hydrogen-bond acceptors (Lipinski definition) is 12. The number of nitrogens with two attached hydrogens (primary N) is 1. The van der Waals surface area contributed by atoms with E-state index < -0.39 is 5.91 Å². The van der Waals surface area contributed by atoms with E-state index in [1.807, 2.05) is 0 Å². The lowest BCUT2D eigenvalue weighted by atomic mass is 10.1. The summed E-state index contributed by atoms with van der Waals surface area (Å²) in [7, 11) is 1.35. The minimum Gasteiger partial charge on any atom is -0.487 e. The maximum atomic E-state index is 12.4. The van der Waals surface area contributed by atoms with Crippen molar-refractivity contribution in [3.63, 3.8) is 0 Å². The molecule has 0 radical (unpaired) electrons. The summed E-state index contributed by atoms with van der Waals surface area (Å²) in [6, 6.07) is 12.1. The fourth-order valence-electron chi connectivity index (χ4n) is 3.54. The predicted molar refractivity (Wildman–Crippen MR) is 141 cm³/mol. The largest absolute Gasteiger partial charge is 0.487 e. The van der Waals surface area contributed by atoms with Gasteiger partial charge < -0.3 is 40.7 Å². The third-order valence-electron chi connectivity index (χ3n) is 5.28. The third kappa shape index (κ3) is 6.85. The van der Waals surface area contributed by atoms with Crippen LogP contribution in [-0.2, 0) is 14.3 Å². The number of rotatable bonds is 7. The van der Waals surface area contributed by atoms with Gasteiger partial charge in [-0.2, -0.15) is 9.97 Å². The van der Waals surface area contributed by atoms with Crippen molar-refractivity contribution in [1.82, 2.24) is 15.4 Å². The summed E-state index contributed by atoms with van der Waals surface area (Å²) in [5, 5.41) is 14.0. The molecule has 1 aromatic heterocycles. The molecule has 0 saturated carbocycles. The Hall–Kier alpha value is -4.46.